The van der Waals surface area contributed by atoms with E-state index in [9.17, 15) is 9.59 Å². The monoisotopic (exact) mass is 370 g/mol. The van der Waals surface area contributed by atoms with E-state index in [1.54, 1.807) is 22.9 Å². The zero-order valence-corrected chi connectivity index (χ0v) is 15.6. The summed E-state index contributed by atoms with van der Waals surface area (Å²) in [5.41, 5.74) is 4.94. The SMILES string of the molecule is COc1cc(/C=N/NC(=O)Cn2nc(C)cc2C)ccc1OC(=O)C1CC1. The van der Waals surface area contributed by atoms with E-state index >= 15 is 0 Å². The van der Waals surface area contributed by atoms with E-state index in [0.717, 1.165) is 24.2 Å². The average Bonchev–Trinajstić information content (AvgIpc) is 3.42. The molecular weight excluding hydrogens is 348 g/mol. The Morgan fingerprint density at radius 2 is 2.07 bits per heavy atom. The lowest BCUT2D eigenvalue weighted by atomic mass is 10.2. The van der Waals surface area contributed by atoms with Crippen LogP contribution in [-0.2, 0) is 16.1 Å². The summed E-state index contributed by atoms with van der Waals surface area (Å²) < 4.78 is 12.2. The quantitative estimate of drug-likeness (QED) is 0.348. The summed E-state index contributed by atoms with van der Waals surface area (Å²) in [6, 6.07) is 6.97. The highest BCUT2D eigenvalue weighted by molar-refractivity contribution is 5.84. The second-order valence-electron chi connectivity index (χ2n) is 6.48. The van der Waals surface area contributed by atoms with Gasteiger partial charge in [0.2, 0.25) is 0 Å². The number of rotatable bonds is 7. The van der Waals surface area contributed by atoms with E-state index in [1.165, 1.54) is 13.3 Å². The maximum atomic E-state index is 12.0. The molecule has 27 heavy (non-hydrogen) atoms. The van der Waals surface area contributed by atoms with Crippen LogP contribution in [0.4, 0.5) is 0 Å². The fraction of sp³-hybridized carbons (Fsp3) is 0.368. The molecular formula is C19H22N4O4. The van der Waals surface area contributed by atoms with Crippen LogP contribution in [-0.4, -0.2) is 35.0 Å². The van der Waals surface area contributed by atoms with Crippen molar-refractivity contribution in [1.82, 2.24) is 15.2 Å². The second kappa shape index (κ2) is 8.03. The number of hydrogen-bond donors (Lipinski definition) is 1. The van der Waals surface area contributed by atoms with Crippen LogP contribution >= 0.6 is 0 Å². The minimum atomic E-state index is -0.278. The highest BCUT2D eigenvalue weighted by Crippen LogP contribution is 2.34. The van der Waals surface area contributed by atoms with E-state index in [4.69, 9.17) is 9.47 Å². The molecule has 1 aliphatic carbocycles. The third-order valence-corrected chi connectivity index (χ3v) is 4.11. The number of hydrazone groups is 1. The van der Waals surface area contributed by atoms with Gasteiger partial charge in [-0.25, -0.2) is 5.43 Å². The average molecular weight is 370 g/mol. The Morgan fingerprint density at radius 3 is 2.70 bits per heavy atom. The first-order valence-corrected chi connectivity index (χ1v) is 8.69. The number of nitrogens with zero attached hydrogens (tertiary/aromatic N) is 3. The summed E-state index contributed by atoms with van der Waals surface area (Å²) in [5.74, 6) is 0.306. The molecule has 1 aliphatic rings. The maximum Gasteiger partial charge on any atom is 0.314 e. The molecule has 0 radical (unpaired) electrons. The topological polar surface area (TPSA) is 94.8 Å². The molecule has 8 nitrogen and oxygen atoms in total. The molecule has 1 heterocycles. The van der Waals surface area contributed by atoms with Crippen molar-refractivity contribution < 1.29 is 19.1 Å². The number of carbonyl (C=O) groups excluding carboxylic acids is 2. The Bertz CT molecular complexity index is 884. The van der Waals surface area contributed by atoms with Crippen LogP contribution in [0.2, 0.25) is 0 Å². The Morgan fingerprint density at radius 1 is 1.30 bits per heavy atom. The summed E-state index contributed by atoms with van der Waals surface area (Å²) in [4.78, 5) is 23.8. The van der Waals surface area contributed by atoms with Gasteiger partial charge in [0.05, 0.1) is 24.9 Å². The third kappa shape index (κ3) is 4.93. The van der Waals surface area contributed by atoms with E-state index < -0.39 is 0 Å². The van der Waals surface area contributed by atoms with Gasteiger partial charge in [-0.2, -0.15) is 10.2 Å². The first-order chi connectivity index (χ1) is 13.0. The summed E-state index contributed by atoms with van der Waals surface area (Å²) in [6.45, 7) is 3.86. The lowest BCUT2D eigenvalue weighted by Crippen LogP contribution is -2.24. The number of amides is 1. The highest BCUT2D eigenvalue weighted by Gasteiger charge is 2.32. The standard InChI is InChI=1S/C19H22N4O4/c1-12-8-13(2)23(22-12)11-18(24)21-20-10-14-4-7-16(17(9-14)26-3)27-19(25)15-5-6-15/h4,7-10,15H,5-6,11H2,1-3H3,(H,21,24)/b20-10+. The molecule has 1 aromatic carbocycles. The molecule has 1 fully saturated rings. The molecule has 1 N–H and O–H groups in total. The number of esters is 1. The van der Waals surface area contributed by atoms with Crippen LogP contribution in [0.15, 0.2) is 29.4 Å². The zero-order valence-electron chi connectivity index (χ0n) is 15.6. The van der Waals surface area contributed by atoms with Gasteiger partial charge in [0.25, 0.3) is 5.91 Å². The van der Waals surface area contributed by atoms with Crippen molar-refractivity contribution in [3.63, 3.8) is 0 Å². The minimum Gasteiger partial charge on any atom is -0.493 e. The van der Waals surface area contributed by atoms with E-state index in [0.29, 0.717) is 17.1 Å². The molecule has 0 unspecified atom stereocenters. The Kier molecular flexibility index (Phi) is 5.54. The van der Waals surface area contributed by atoms with Crippen molar-refractivity contribution in [1.29, 1.82) is 0 Å². The Labute approximate surface area is 157 Å². The number of benzene rings is 1. The van der Waals surface area contributed by atoms with Gasteiger partial charge in [-0.3, -0.25) is 14.3 Å². The molecule has 0 aliphatic heterocycles. The van der Waals surface area contributed by atoms with E-state index in [-0.39, 0.29) is 24.3 Å². The van der Waals surface area contributed by atoms with Crippen molar-refractivity contribution in [2.45, 2.75) is 33.2 Å². The zero-order chi connectivity index (χ0) is 19.4. The number of aryl methyl sites for hydroxylation is 2. The minimum absolute atomic E-state index is 0.00775. The van der Waals surface area contributed by atoms with Crippen LogP contribution in [0, 0.1) is 19.8 Å². The third-order valence-electron chi connectivity index (χ3n) is 4.11. The van der Waals surface area contributed by atoms with Crippen molar-refractivity contribution >= 4 is 18.1 Å². The first-order valence-electron chi connectivity index (χ1n) is 8.69. The molecule has 0 atom stereocenters. The molecule has 1 amide bonds. The van der Waals surface area contributed by atoms with Gasteiger partial charge in [0.15, 0.2) is 11.5 Å². The van der Waals surface area contributed by atoms with Gasteiger partial charge < -0.3 is 9.47 Å². The Balaban J connectivity index is 1.58. The fourth-order valence-corrected chi connectivity index (χ4v) is 2.54. The molecule has 142 valence electrons. The molecule has 2 aromatic rings. The number of carbonyl (C=O) groups is 2. The van der Waals surface area contributed by atoms with Crippen molar-refractivity contribution in [3.05, 3.63) is 41.2 Å². The lowest BCUT2D eigenvalue weighted by Gasteiger charge is -2.09. The summed E-state index contributed by atoms with van der Waals surface area (Å²) in [6.07, 6.45) is 3.25. The molecule has 3 rings (SSSR count). The number of ether oxygens (including phenoxy) is 2. The molecule has 1 aromatic heterocycles. The molecule has 0 spiro atoms. The van der Waals surface area contributed by atoms with Crippen LogP contribution in [0.3, 0.4) is 0 Å². The fourth-order valence-electron chi connectivity index (χ4n) is 2.54. The summed E-state index contributed by atoms with van der Waals surface area (Å²) in [5, 5.41) is 8.18. The van der Waals surface area contributed by atoms with Crippen LogP contribution in [0.25, 0.3) is 0 Å². The van der Waals surface area contributed by atoms with Crippen molar-refractivity contribution in [3.8, 4) is 11.5 Å². The van der Waals surface area contributed by atoms with Gasteiger partial charge in [0.1, 0.15) is 6.54 Å². The molecule has 1 saturated carbocycles. The van der Waals surface area contributed by atoms with Gasteiger partial charge in [-0.1, -0.05) is 0 Å². The molecule has 0 bridgehead atoms. The van der Waals surface area contributed by atoms with Gasteiger partial charge in [-0.05, 0) is 56.5 Å². The second-order valence-corrected chi connectivity index (χ2v) is 6.48. The maximum absolute atomic E-state index is 12.0. The smallest absolute Gasteiger partial charge is 0.314 e. The van der Waals surface area contributed by atoms with Crippen LogP contribution in [0.1, 0.15) is 29.8 Å². The largest absolute Gasteiger partial charge is 0.493 e. The summed E-state index contributed by atoms with van der Waals surface area (Å²) in [7, 11) is 1.50. The first kappa shape index (κ1) is 18.6. The van der Waals surface area contributed by atoms with Crippen LogP contribution < -0.4 is 14.9 Å². The van der Waals surface area contributed by atoms with Crippen molar-refractivity contribution in [2.75, 3.05) is 7.11 Å². The lowest BCUT2D eigenvalue weighted by molar-refractivity contribution is -0.135. The van der Waals surface area contributed by atoms with Crippen molar-refractivity contribution in [2.24, 2.45) is 11.0 Å². The van der Waals surface area contributed by atoms with E-state index in [1.807, 2.05) is 19.9 Å². The van der Waals surface area contributed by atoms with Crippen LogP contribution in [0.5, 0.6) is 11.5 Å². The predicted molar refractivity (Wildman–Crippen MR) is 98.8 cm³/mol. The van der Waals surface area contributed by atoms with Gasteiger partial charge >= 0.3 is 5.97 Å². The van der Waals surface area contributed by atoms with Gasteiger partial charge in [0, 0.05) is 5.69 Å². The van der Waals surface area contributed by atoms with E-state index in [2.05, 4.69) is 15.6 Å². The number of methoxy groups -OCH3 is 1. The predicted octanol–water partition coefficient (Wildman–Crippen LogP) is 1.97. The number of nitrogens with one attached hydrogen (secondary N) is 1. The Hall–Kier alpha value is -3.16. The molecule has 8 heteroatoms. The summed E-state index contributed by atoms with van der Waals surface area (Å²) >= 11 is 0. The normalized spacial score (nSPS) is 13.6. The number of hydrogen-bond acceptors (Lipinski definition) is 6. The molecule has 0 saturated heterocycles. The number of aromatic nitrogens is 2. The van der Waals surface area contributed by atoms with Gasteiger partial charge in [-0.15, -0.1) is 0 Å². The highest BCUT2D eigenvalue weighted by atomic mass is 16.6.